The van der Waals surface area contributed by atoms with Crippen LogP contribution in [0, 0.1) is 0 Å². The predicted molar refractivity (Wildman–Crippen MR) is 61.8 cm³/mol. The Labute approximate surface area is 97.7 Å². The molecular formula is C11H14NO3S-. The molecule has 1 unspecified atom stereocenters. The summed E-state index contributed by atoms with van der Waals surface area (Å²) in [6.45, 7) is 2.11. The summed E-state index contributed by atoms with van der Waals surface area (Å²) in [7, 11) is 0. The summed E-state index contributed by atoms with van der Waals surface area (Å²) in [5, 5.41) is 0. The summed E-state index contributed by atoms with van der Waals surface area (Å²) >= 11 is -2.38. The number of benzene rings is 1. The molecule has 0 spiro atoms. The van der Waals surface area contributed by atoms with E-state index in [1.54, 1.807) is 0 Å². The predicted octanol–water partition coefficient (Wildman–Crippen LogP) is 1.25. The average molecular weight is 240 g/mol. The Hall–Kier alpha value is -0.910. The molecule has 0 N–H and O–H groups in total. The van der Waals surface area contributed by atoms with Gasteiger partial charge in [0.1, 0.15) is 0 Å². The van der Waals surface area contributed by atoms with E-state index in [0.29, 0.717) is 0 Å². The fraction of sp³-hybridized carbons (Fsp3) is 0.455. The minimum Gasteiger partial charge on any atom is -0.750 e. The van der Waals surface area contributed by atoms with Crippen molar-refractivity contribution < 1.29 is 12.9 Å². The highest BCUT2D eigenvalue weighted by molar-refractivity contribution is 7.74. The van der Waals surface area contributed by atoms with Crippen LogP contribution in [0.15, 0.2) is 24.3 Å². The van der Waals surface area contributed by atoms with E-state index < -0.39 is 11.4 Å². The van der Waals surface area contributed by atoms with Gasteiger partial charge in [0.05, 0.1) is 18.0 Å². The second-order valence-corrected chi connectivity index (χ2v) is 4.39. The van der Waals surface area contributed by atoms with E-state index in [1.165, 1.54) is 11.3 Å². The summed E-state index contributed by atoms with van der Waals surface area (Å²) in [6, 6.07) is 8.32. The molecule has 88 valence electrons. The largest absolute Gasteiger partial charge is 0.750 e. The zero-order chi connectivity index (χ0) is 11.4. The van der Waals surface area contributed by atoms with Gasteiger partial charge in [-0.15, -0.1) is 0 Å². The quantitative estimate of drug-likeness (QED) is 0.574. The first kappa shape index (κ1) is 11.6. The Balaban J connectivity index is 1.82. The molecule has 5 heteroatoms. The van der Waals surface area contributed by atoms with Gasteiger partial charge in [-0.25, -0.2) is 4.21 Å². The van der Waals surface area contributed by atoms with Gasteiger partial charge in [-0.3, -0.25) is 0 Å². The van der Waals surface area contributed by atoms with E-state index in [4.69, 9.17) is 0 Å². The number of para-hydroxylation sites is 1. The van der Waals surface area contributed by atoms with E-state index in [0.717, 1.165) is 25.9 Å². The Kier molecular flexibility index (Phi) is 3.93. The Morgan fingerprint density at radius 1 is 1.44 bits per heavy atom. The molecule has 1 aliphatic rings. The van der Waals surface area contributed by atoms with Crippen molar-refractivity contribution in [2.75, 3.05) is 24.6 Å². The molecule has 1 heterocycles. The number of anilines is 1. The summed E-state index contributed by atoms with van der Waals surface area (Å²) in [5.74, 6) is 0. The van der Waals surface area contributed by atoms with E-state index in [1.807, 2.05) is 12.1 Å². The number of nitrogens with zero attached hydrogens (tertiary/aromatic N) is 1. The summed E-state index contributed by atoms with van der Waals surface area (Å²) in [5.41, 5.74) is 2.64. The highest BCUT2D eigenvalue weighted by atomic mass is 32.2. The maximum atomic E-state index is 10.2. The van der Waals surface area contributed by atoms with Crippen molar-refractivity contribution in [3.8, 4) is 0 Å². The van der Waals surface area contributed by atoms with Gasteiger partial charge < -0.3 is 13.6 Å². The lowest BCUT2D eigenvalue weighted by molar-refractivity contribution is 0.296. The third kappa shape index (κ3) is 2.81. The van der Waals surface area contributed by atoms with E-state index in [-0.39, 0.29) is 6.61 Å². The van der Waals surface area contributed by atoms with E-state index in [9.17, 15) is 8.76 Å². The van der Waals surface area contributed by atoms with Crippen LogP contribution in [-0.4, -0.2) is 28.5 Å². The molecule has 0 aromatic heterocycles. The zero-order valence-electron chi connectivity index (χ0n) is 8.93. The molecule has 0 fully saturated rings. The van der Waals surface area contributed by atoms with Crippen molar-refractivity contribution in [1.82, 2.24) is 0 Å². The van der Waals surface area contributed by atoms with Crippen molar-refractivity contribution in [3.63, 3.8) is 0 Å². The van der Waals surface area contributed by atoms with Gasteiger partial charge in [-0.1, -0.05) is 18.2 Å². The monoisotopic (exact) mass is 240 g/mol. The SMILES string of the molecule is O=S([O-])OCCCN1CCc2ccccc21. The van der Waals surface area contributed by atoms with Crippen molar-refractivity contribution in [3.05, 3.63) is 29.8 Å². The second kappa shape index (κ2) is 5.43. The molecule has 1 aromatic carbocycles. The summed E-state index contributed by atoms with van der Waals surface area (Å²) in [4.78, 5) is 2.27. The van der Waals surface area contributed by atoms with Crippen LogP contribution in [0.1, 0.15) is 12.0 Å². The van der Waals surface area contributed by atoms with Gasteiger partial charge in [0.15, 0.2) is 0 Å². The Bertz CT molecular complexity index is 383. The molecule has 0 aliphatic carbocycles. The number of hydrogen-bond acceptors (Lipinski definition) is 4. The highest BCUT2D eigenvalue weighted by Crippen LogP contribution is 2.27. The minimum atomic E-state index is -2.38. The molecule has 0 bridgehead atoms. The lowest BCUT2D eigenvalue weighted by atomic mass is 10.2. The van der Waals surface area contributed by atoms with Crippen molar-refractivity contribution >= 4 is 17.0 Å². The van der Waals surface area contributed by atoms with Gasteiger partial charge in [-0.05, 0) is 24.5 Å². The Morgan fingerprint density at radius 3 is 3.06 bits per heavy atom. The molecule has 4 nitrogen and oxygen atoms in total. The first-order valence-electron chi connectivity index (χ1n) is 5.33. The van der Waals surface area contributed by atoms with Crippen molar-refractivity contribution in [2.24, 2.45) is 0 Å². The van der Waals surface area contributed by atoms with Gasteiger partial charge in [0.2, 0.25) is 0 Å². The molecule has 1 atom stereocenters. The normalized spacial score (nSPS) is 16.2. The molecule has 0 amide bonds. The zero-order valence-corrected chi connectivity index (χ0v) is 9.74. The van der Waals surface area contributed by atoms with Gasteiger partial charge in [0.25, 0.3) is 0 Å². The van der Waals surface area contributed by atoms with Crippen LogP contribution in [0.3, 0.4) is 0 Å². The van der Waals surface area contributed by atoms with Crippen LogP contribution in [0.25, 0.3) is 0 Å². The molecule has 0 saturated heterocycles. The second-order valence-electron chi connectivity index (χ2n) is 3.75. The first-order chi connectivity index (χ1) is 7.77. The van der Waals surface area contributed by atoms with Crippen molar-refractivity contribution in [2.45, 2.75) is 12.8 Å². The molecule has 2 rings (SSSR count). The third-order valence-electron chi connectivity index (χ3n) is 2.74. The molecule has 0 radical (unpaired) electrons. The Morgan fingerprint density at radius 2 is 2.25 bits per heavy atom. The fourth-order valence-electron chi connectivity index (χ4n) is 2.02. The van der Waals surface area contributed by atoms with Gasteiger partial charge >= 0.3 is 0 Å². The van der Waals surface area contributed by atoms with Crippen LogP contribution in [-0.2, 0) is 22.0 Å². The van der Waals surface area contributed by atoms with Crippen LogP contribution in [0.5, 0.6) is 0 Å². The van der Waals surface area contributed by atoms with Crippen LogP contribution in [0.2, 0.25) is 0 Å². The summed E-state index contributed by atoms with van der Waals surface area (Å²) < 4.78 is 24.8. The topological polar surface area (TPSA) is 52.6 Å². The van der Waals surface area contributed by atoms with Crippen LogP contribution >= 0.6 is 0 Å². The number of fused-ring (bicyclic) bond motifs is 1. The fourth-order valence-corrected chi connectivity index (χ4v) is 2.28. The maximum Gasteiger partial charge on any atom is 0.0842 e. The first-order valence-corrected chi connectivity index (χ1v) is 6.33. The lowest BCUT2D eigenvalue weighted by Gasteiger charge is -2.19. The van der Waals surface area contributed by atoms with Gasteiger partial charge in [-0.2, -0.15) is 0 Å². The van der Waals surface area contributed by atoms with Crippen molar-refractivity contribution in [1.29, 1.82) is 0 Å². The summed E-state index contributed by atoms with van der Waals surface area (Å²) in [6.07, 6.45) is 1.80. The molecular weight excluding hydrogens is 226 g/mol. The molecule has 1 aromatic rings. The van der Waals surface area contributed by atoms with E-state index in [2.05, 4.69) is 21.2 Å². The van der Waals surface area contributed by atoms with E-state index >= 15 is 0 Å². The lowest BCUT2D eigenvalue weighted by Crippen LogP contribution is -2.22. The van der Waals surface area contributed by atoms with Crippen LogP contribution < -0.4 is 4.90 Å². The third-order valence-corrected chi connectivity index (χ3v) is 3.09. The standard InChI is InChI=1S/C11H15NO3S/c13-16(14)15-9-3-7-12-8-6-10-4-1-2-5-11(10)12/h1-2,4-5H,3,6-9H2,(H,13,14)/p-1. The minimum absolute atomic E-state index is 0.259. The number of hydrogen-bond donors (Lipinski definition) is 0. The van der Waals surface area contributed by atoms with Gasteiger partial charge in [0, 0.05) is 18.8 Å². The smallest absolute Gasteiger partial charge is 0.0842 e. The molecule has 1 aliphatic heterocycles. The molecule has 0 saturated carbocycles. The highest BCUT2D eigenvalue weighted by Gasteiger charge is 2.17. The molecule has 16 heavy (non-hydrogen) atoms. The van der Waals surface area contributed by atoms with Crippen LogP contribution in [0.4, 0.5) is 5.69 Å². The average Bonchev–Trinajstić information content (AvgIpc) is 2.68. The number of rotatable bonds is 5. The maximum absolute atomic E-state index is 10.2.